The van der Waals surface area contributed by atoms with E-state index in [4.69, 9.17) is 4.55 Å². The standard InChI is InChI=1S/C14H30O6S/c1-2-3-4-5-6-7-8-10-13(14(15,16)17)11-9-12-21(18,19)20/h13,15-17H,2-12H2,1H3,(H,18,19,20). The highest BCUT2D eigenvalue weighted by molar-refractivity contribution is 7.85. The quantitative estimate of drug-likeness (QED) is 0.234. The Morgan fingerprint density at radius 3 is 1.81 bits per heavy atom. The van der Waals surface area contributed by atoms with Gasteiger partial charge in [-0.2, -0.15) is 8.42 Å². The Hall–Kier alpha value is -0.210. The highest BCUT2D eigenvalue weighted by Gasteiger charge is 2.31. The Kier molecular flexibility index (Phi) is 10.4. The molecule has 0 aromatic rings. The third-order valence-electron chi connectivity index (χ3n) is 3.66. The van der Waals surface area contributed by atoms with Gasteiger partial charge >= 0.3 is 0 Å². The third kappa shape index (κ3) is 13.2. The van der Waals surface area contributed by atoms with E-state index in [2.05, 4.69) is 6.92 Å². The second-order valence-corrected chi connectivity index (χ2v) is 7.29. The van der Waals surface area contributed by atoms with Crippen LogP contribution >= 0.6 is 0 Å². The molecule has 0 aliphatic carbocycles. The molecule has 0 fully saturated rings. The summed E-state index contributed by atoms with van der Waals surface area (Å²) in [6.45, 7) is 2.15. The summed E-state index contributed by atoms with van der Waals surface area (Å²) in [4.78, 5) is 0. The van der Waals surface area contributed by atoms with Gasteiger partial charge in [-0.05, 0) is 19.3 Å². The van der Waals surface area contributed by atoms with Crippen LogP contribution in [0.3, 0.4) is 0 Å². The average Bonchev–Trinajstić information content (AvgIpc) is 2.32. The molecule has 1 atom stereocenters. The molecule has 128 valence electrons. The molecule has 7 heteroatoms. The van der Waals surface area contributed by atoms with E-state index in [0.717, 1.165) is 25.7 Å². The summed E-state index contributed by atoms with van der Waals surface area (Å²) in [7, 11) is -4.05. The second kappa shape index (κ2) is 10.5. The lowest BCUT2D eigenvalue weighted by atomic mass is 9.93. The second-order valence-electron chi connectivity index (χ2n) is 5.72. The fourth-order valence-electron chi connectivity index (χ4n) is 2.39. The number of hydrogen-bond acceptors (Lipinski definition) is 5. The zero-order valence-corrected chi connectivity index (χ0v) is 13.7. The molecule has 0 aliphatic rings. The summed E-state index contributed by atoms with van der Waals surface area (Å²) in [5, 5.41) is 27.8. The van der Waals surface area contributed by atoms with Gasteiger partial charge in [0, 0.05) is 5.92 Å². The molecule has 0 saturated carbocycles. The predicted octanol–water partition coefficient (Wildman–Crippen LogP) is 2.04. The van der Waals surface area contributed by atoms with E-state index in [1.165, 1.54) is 19.3 Å². The first-order valence-corrected chi connectivity index (χ1v) is 9.40. The van der Waals surface area contributed by atoms with Crippen LogP contribution in [-0.2, 0) is 10.1 Å². The average molecular weight is 326 g/mol. The van der Waals surface area contributed by atoms with Gasteiger partial charge in [-0.15, -0.1) is 0 Å². The van der Waals surface area contributed by atoms with Crippen LogP contribution in [-0.4, -0.2) is 40.0 Å². The molecular weight excluding hydrogens is 296 g/mol. The van der Waals surface area contributed by atoms with Gasteiger partial charge in [0.05, 0.1) is 5.75 Å². The van der Waals surface area contributed by atoms with Crippen molar-refractivity contribution in [3.63, 3.8) is 0 Å². The first-order chi connectivity index (χ1) is 9.67. The van der Waals surface area contributed by atoms with Crippen LogP contribution in [0.5, 0.6) is 0 Å². The van der Waals surface area contributed by atoms with E-state index in [-0.39, 0.29) is 12.8 Å². The predicted molar refractivity (Wildman–Crippen MR) is 81.1 cm³/mol. The Labute approximate surface area is 127 Å². The fourth-order valence-corrected chi connectivity index (χ4v) is 2.92. The summed E-state index contributed by atoms with van der Waals surface area (Å²) >= 11 is 0. The van der Waals surface area contributed by atoms with E-state index in [0.29, 0.717) is 6.42 Å². The lowest BCUT2D eigenvalue weighted by Gasteiger charge is -2.25. The Balaban J connectivity index is 3.93. The topological polar surface area (TPSA) is 115 Å². The molecule has 0 aromatic heterocycles. The summed E-state index contributed by atoms with van der Waals surface area (Å²) in [5.41, 5.74) is 0. The van der Waals surface area contributed by atoms with Crippen LogP contribution in [0, 0.1) is 5.92 Å². The van der Waals surface area contributed by atoms with Crippen molar-refractivity contribution in [2.75, 3.05) is 5.75 Å². The van der Waals surface area contributed by atoms with Gasteiger partial charge in [0.25, 0.3) is 16.1 Å². The van der Waals surface area contributed by atoms with Crippen molar-refractivity contribution in [3.8, 4) is 0 Å². The van der Waals surface area contributed by atoms with Gasteiger partial charge in [-0.25, -0.2) is 0 Å². The summed E-state index contributed by atoms with van der Waals surface area (Å²) in [6.07, 6.45) is 8.21. The third-order valence-corrected chi connectivity index (χ3v) is 4.46. The van der Waals surface area contributed by atoms with Crippen LogP contribution in [0.2, 0.25) is 0 Å². The number of aliphatic hydroxyl groups is 3. The maximum Gasteiger partial charge on any atom is 0.278 e. The van der Waals surface area contributed by atoms with Gasteiger partial charge in [-0.3, -0.25) is 4.55 Å². The normalized spacial score (nSPS) is 14.3. The van der Waals surface area contributed by atoms with Gasteiger partial charge < -0.3 is 15.3 Å². The van der Waals surface area contributed by atoms with Crippen molar-refractivity contribution in [1.29, 1.82) is 0 Å². The van der Waals surface area contributed by atoms with E-state index >= 15 is 0 Å². The highest BCUT2D eigenvalue weighted by Crippen LogP contribution is 2.24. The Morgan fingerprint density at radius 2 is 1.33 bits per heavy atom. The number of hydrogen-bond donors (Lipinski definition) is 4. The summed E-state index contributed by atoms with van der Waals surface area (Å²) in [6, 6.07) is 0. The van der Waals surface area contributed by atoms with Crippen LogP contribution in [0.15, 0.2) is 0 Å². The molecule has 0 rings (SSSR count). The minimum atomic E-state index is -4.05. The smallest absolute Gasteiger partial charge is 0.278 e. The van der Waals surface area contributed by atoms with Crippen LogP contribution < -0.4 is 0 Å². The molecule has 4 N–H and O–H groups in total. The number of unbranched alkanes of at least 4 members (excludes halogenated alkanes) is 6. The summed E-state index contributed by atoms with van der Waals surface area (Å²) < 4.78 is 29.9. The molecule has 0 aliphatic heterocycles. The maximum absolute atomic E-state index is 10.6. The molecule has 0 bridgehead atoms. The van der Waals surface area contributed by atoms with E-state index in [1.54, 1.807) is 0 Å². The Morgan fingerprint density at radius 1 is 0.857 bits per heavy atom. The Bertz CT molecular complexity index is 347. The lowest BCUT2D eigenvalue weighted by molar-refractivity contribution is -0.344. The fraction of sp³-hybridized carbons (Fsp3) is 1.00. The van der Waals surface area contributed by atoms with E-state index in [1.807, 2.05) is 0 Å². The van der Waals surface area contributed by atoms with Gasteiger partial charge in [0.1, 0.15) is 0 Å². The molecule has 0 heterocycles. The molecule has 1 unspecified atom stereocenters. The first kappa shape index (κ1) is 20.8. The molecule has 0 saturated heterocycles. The molecule has 0 radical (unpaired) electrons. The maximum atomic E-state index is 10.6. The molecule has 21 heavy (non-hydrogen) atoms. The summed E-state index contributed by atoms with van der Waals surface area (Å²) in [5.74, 6) is -4.02. The monoisotopic (exact) mass is 326 g/mol. The number of rotatable bonds is 13. The largest absolute Gasteiger partial charge is 0.343 e. The molecule has 0 aromatic carbocycles. The van der Waals surface area contributed by atoms with Gasteiger partial charge in [0.2, 0.25) is 0 Å². The van der Waals surface area contributed by atoms with Crippen molar-refractivity contribution in [2.24, 2.45) is 5.92 Å². The van der Waals surface area contributed by atoms with Gasteiger partial charge in [-0.1, -0.05) is 51.9 Å². The zero-order valence-electron chi connectivity index (χ0n) is 12.9. The molecule has 6 nitrogen and oxygen atoms in total. The van der Waals surface area contributed by atoms with Crippen molar-refractivity contribution >= 4 is 10.1 Å². The van der Waals surface area contributed by atoms with Crippen LogP contribution in [0.25, 0.3) is 0 Å². The SMILES string of the molecule is CCCCCCCCCC(CCCS(=O)(=O)O)C(O)(O)O. The minimum absolute atomic E-state index is 0.0867. The first-order valence-electron chi connectivity index (χ1n) is 7.79. The molecule has 0 amide bonds. The van der Waals surface area contributed by atoms with E-state index in [9.17, 15) is 23.7 Å². The highest BCUT2D eigenvalue weighted by atomic mass is 32.2. The van der Waals surface area contributed by atoms with Crippen molar-refractivity contribution in [2.45, 2.75) is 77.1 Å². The molecule has 0 spiro atoms. The minimum Gasteiger partial charge on any atom is -0.343 e. The van der Waals surface area contributed by atoms with Crippen LogP contribution in [0.1, 0.15) is 71.1 Å². The van der Waals surface area contributed by atoms with Crippen LogP contribution in [0.4, 0.5) is 0 Å². The van der Waals surface area contributed by atoms with Crippen molar-refractivity contribution < 1.29 is 28.3 Å². The molecular formula is C14H30O6S. The lowest BCUT2D eigenvalue weighted by Crippen LogP contribution is -2.37. The van der Waals surface area contributed by atoms with Crippen molar-refractivity contribution in [3.05, 3.63) is 0 Å². The van der Waals surface area contributed by atoms with E-state index < -0.39 is 27.8 Å². The van der Waals surface area contributed by atoms with Gasteiger partial charge in [0.15, 0.2) is 0 Å². The van der Waals surface area contributed by atoms with Crippen molar-refractivity contribution in [1.82, 2.24) is 0 Å². The zero-order chi connectivity index (χ0) is 16.4.